The van der Waals surface area contributed by atoms with E-state index in [-0.39, 0.29) is 31.1 Å². The zero-order chi connectivity index (χ0) is 45.6. The molecule has 0 saturated heterocycles. The van der Waals surface area contributed by atoms with E-state index < -0.39 is 6.10 Å². The Kier molecular flexibility index (Phi) is 46.2. The lowest BCUT2D eigenvalue weighted by atomic mass is 10.0. The van der Waals surface area contributed by atoms with Gasteiger partial charge in [-0.2, -0.15) is 0 Å². The van der Waals surface area contributed by atoms with Crippen molar-refractivity contribution in [3.63, 3.8) is 0 Å². The van der Waals surface area contributed by atoms with Crippen LogP contribution in [0.25, 0.3) is 0 Å². The maximum absolute atomic E-state index is 12.8. The lowest BCUT2D eigenvalue weighted by Crippen LogP contribution is -2.30. The molecule has 0 spiro atoms. The second-order valence-electron chi connectivity index (χ2n) is 20.6. The Morgan fingerprint density at radius 2 is 0.468 bits per heavy atom. The lowest BCUT2D eigenvalue weighted by molar-refractivity contribution is -0.167. The summed E-state index contributed by atoms with van der Waals surface area (Å²) in [5.74, 6) is 1.65. The van der Waals surface area contributed by atoms with Crippen molar-refractivity contribution in [3.8, 4) is 0 Å². The first-order valence-electron chi connectivity index (χ1n) is 27.6. The molecule has 0 aromatic carbocycles. The van der Waals surface area contributed by atoms with Crippen LogP contribution in [0.15, 0.2) is 0 Å². The van der Waals surface area contributed by atoms with E-state index in [0.29, 0.717) is 19.3 Å². The van der Waals surface area contributed by atoms with Crippen LogP contribution in [0.2, 0.25) is 0 Å². The zero-order valence-electron chi connectivity index (χ0n) is 42.7. The molecule has 6 nitrogen and oxygen atoms in total. The van der Waals surface area contributed by atoms with Crippen LogP contribution in [-0.4, -0.2) is 37.2 Å². The van der Waals surface area contributed by atoms with E-state index >= 15 is 0 Å². The molecule has 0 amide bonds. The highest BCUT2D eigenvalue weighted by atomic mass is 16.6. The molecular formula is C56H108O6. The standard InChI is InChI=1S/C56H108O6/c1-50(2)42-36-30-24-18-12-7-9-15-21-27-33-39-45-54(57)60-48-53(49-61-55(58)46-40-34-28-22-17-11-14-20-26-32-38-44-52(5)6)62-56(59)47-41-35-29-23-16-10-8-13-19-25-31-37-43-51(3)4/h50-53H,7-49H2,1-6H3/t53-/m1/s1. The first-order chi connectivity index (χ1) is 30.1. The fraction of sp³-hybridized carbons (Fsp3) is 0.946. The van der Waals surface area contributed by atoms with Gasteiger partial charge in [-0.05, 0) is 37.0 Å². The van der Waals surface area contributed by atoms with Crippen molar-refractivity contribution < 1.29 is 28.6 Å². The fourth-order valence-corrected chi connectivity index (χ4v) is 8.47. The SMILES string of the molecule is CC(C)CCCCCCCCCCCCCCC(=O)OC[C@H](COC(=O)CCCCCCCCCCCCCC(C)C)OC(=O)CCCCCCCCCCCCCCC(C)C. The fourth-order valence-electron chi connectivity index (χ4n) is 8.47. The average molecular weight is 877 g/mol. The van der Waals surface area contributed by atoms with E-state index in [4.69, 9.17) is 14.2 Å². The summed E-state index contributed by atoms with van der Waals surface area (Å²) in [6.45, 7) is 13.7. The van der Waals surface area contributed by atoms with Gasteiger partial charge in [0.05, 0.1) is 0 Å². The van der Waals surface area contributed by atoms with Gasteiger partial charge in [-0.15, -0.1) is 0 Å². The Morgan fingerprint density at radius 1 is 0.274 bits per heavy atom. The summed E-state index contributed by atoms with van der Waals surface area (Å²) in [6, 6.07) is 0. The van der Waals surface area contributed by atoms with Crippen LogP contribution in [0.4, 0.5) is 0 Å². The van der Waals surface area contributed by atoms with E-state index in [1.807, 2.05) is 0 Å². The van der Waals surface area contributed by atoms with Crippen molar-refractivity contribution in [3.05, 3.63) is 0 Å². The molecule has 0 bridgehead atoms. The second-order valence-corrected chi connectivity index (χ2v) is 20.6. The Morgan fingerprint density at radius 3 is 0.694 bits per heavy atom. The molecule has 0 heterocycles. The molecule has 0 fully saturated rings. The first-order valence-corrected chi connectivity index (χ1v) is 27.6. The summed E-state index contributed by atoms with van der Waals surface area (Å²) in [6.07, 6.45) is 48.0. The van der Waals surface area contributed by atoms with Gasteiger partial charge in [-0.1, -0.05) is 266 Å². The molecule has 6 heteroatoms. The van der Waals surface area contributed by atoms with Crippen LogP contribution < -0.4 is 0 Å². The molecule has 0 aliphatic carbocycles. The van der Waals surface area contributed by atoms with Crippen LogP contribution in [0.3, 0.4) is 0 Å². The highest BCUT2D eigenvalue weighted by Crippen LogP contribution is 2.18. The Bertz CT molecular complexity index is 960. The number of hydrogen-bond acceptors (Lipinski definition) is 6. The van der Waals surface area contributed by atoms with E-state index in [9.17, 15) is 14.4 Å². The largest absolute Gasteiger partial charge is 0.462 e. The predicted molar refractivity (Wildman–Crippen MR) is 266 cm³/mol. The molecule has 0 N–H and O–H groups in total. The first kappa shape index (κ1) is 60.4. The van der Waals surface area contributed by atoms with Crippen molar-refractivity contribution >= 4 is 17.9 Å². The quantitative estimate of drug-likeness (QED) is 0.0344. The van der Waals surface area contributed by atoms with Gasteiger partial charge in [0.2, 0.25) is 0 Å². The summed E-state index contributed by atoms with van der Waals surface area (Å²) in [7, 11) is 0. The molecule has 368 valence electrons. The van der Waals surface area contributed by atoms with Gasteiger partial charge < -0.3 is 14.2 Å². The normalized spacial score (nSPS) is 12.1. The summed E-state index contributed by atoms with van der Waals surface area (Å²) in [5.41, 5.74) is 0. The number of ether oxygens (including phenoxy) is 3. The molecular weight excluding hydrogens is 769 g/mol. The molecule has 0 unspecified atom stereocenters. The van der Waals surface area contributed by atoms with Gasteiger partial charge in [0, 0.05) is 19.3 Å². The van der Waals surface area contributed by atoms with Crippen LogP contribution >= 0.6 is 0 Å². The third-order valence-electron chi connectivity index (χ3n) is 12.6. The summed E-state index contributed by atoms with van der Waals surface area (Å²) in [4.78, 5) is 38.1. The van der Waals surface area contributed by atoms with Crippen LogP contribution in [0, 0.1) is 17.8 Å². The van der Waals surface area contributed by atoms with E-state index in [1.165, 1.54) is 186 Å². The Hall–Kier alpha value is -1.59. The number of esters is 3. The number of hydrogen-bond donors (Lipinski definition) is 0. The van der Waals surface area contributed by atoms with Gasteiger partial charge in [-0.3, -0.25) is 14.4 Å². The highest BCUT2D eigenvalue weighted by molar-refractivity contribution is 5.71. The molecule has 0 radical (unpaired) electrons. The predicted octanol–water partition coefficient (Wildman–Crippen LogP) is 17.9. The third kappa shape index (κ3) is 49.4. The highest BCUT2D eigenvalue weighted by Gasteiger charge is 2.19. The van der Waals surface area contributed by atoms with Crippen molar-refractivity contribution in [2.75, 3.05) is 13.2 Å². The minimum atomic E-state index is -0.763. The summed E-state index contributed by atoms with van der Waals surface area (Å²) < 4.78 is 16.9. The van der Waals surface area contributed by atoms with Crippen LogP contribution in [-0.2, 0) is 28.6 Å². The second kappa shape index (κ2) is 47.4. The maximum Gasteiger partial charge on any atom is 0.306 e. The minimum Gasteiger partial charge on any atom is -0.462 e. The van der Waals surface area contributed by atoms with Gasteiger partial charge in [0.1, 0.15) is 13.2 Å². The molecule has 0 aromatic heterocycles. The van der Waals surface area contributed by atoms with Gasteiger partial charge in [0.15, 0.2) is 6.10 Å². The van der Waals surface area contributed by atoms with Crippen molar-refractivity contribution in [2.24, 2.45) is 17.8 Å². The lowest BCUT2D eigenvalue weighted by Gasteiger charge is -2.18. The number of rotatable bonds is 49. The van der Waals surface area contributed by atoms with E-state index in [0.717, 1.165) is 75.5 Å². The van der Waals surface area contributed by atoms with Gasteiger partial charge in [-0.25, -0.2) is 0 Å². The Labute approximate surface area is 387 Å². The minimum absolute atomic E-state index is 0.0640. The van der Waals surface area contributed by atoms with Crippen LogP contribution in [0.5, 0.6) is 0 Å². The van der Waals surface area contributed by atoms with Crippen molar-refractivity contribution in [2.45, 2.75) is 311 Å². The maximum atomic E-state index is 12.8. The Balaban J connectivity index is 4.32. The van der Waals surface area contributed by atoms with Crippen LogP contribution in [0.1, 0.15) is 305 Å². The molecule has 0 aromatic rings. The smallest absolute Gasteiger partial charge is 0.306 e. The molecule has 62 heavy (non-hydrogen) atoms. The van der Waals surface area contributed by atoms with E-state index in [2.05, 4.69) is 41.5 Å². The molecule has 0 rings (SSSR count). The molecule has 0 aliphatic heterocycles. The van der Waals surface area contributed by atoms with Gasteiger partial charge in [0.25, 0.3) is 0 Å². The van der Waals surface area contributed by atoms with Crippen molar-refractivity contribution in [1.82, 2.24) is 0 Å². The number of carbonyl (C=O) groups is 3. The summed E-state index contributed by atoms with van der Waals surface area (Å²) >= 11 is 0. The molecule has 0 aliphatic rings. The average Bonchev–Trinajstić information content (AvgIpc) is 3.23. The topological polar surface area (TPSA) is 78.9 Å². The number of carbonyl (C=O) groups excluding carboxylic acids is 3. The summed E-state index contributed by atoms with van der Waals surface area (Å²) in [5, 5.41) is 0. The zero-order valence-corrected chi connectivity index (χ0v) is 42.7. The molecule has 0 saturated carbocycles. The van der Waals surface area contributed by atoms with Crippen molar-refractivity contribution in [1.29, 1.82) is 0 Å². The van der Waals surface area contributed by atoms with Gasteiger partial charge >= 0.3 is 17.9 Å². The molecule has 1 atom stereocenters. The number of unbranched alkanes of at least 4 members (excludes halogenated alkanes) is 32. The monoisotopic (exact) mass is 877 g/mol. The van der Waals surface area contributed by atoms with E-state index in [1.54, 1.807) is 0 Å². The third-order valence-corrected chi connectivity index (χ3v) is 12.6.